The van der Waals surface area contributed by atoms with Gasteiger partial charge in [-0.1, -0.05) is 45.4 Å². The van der Waals surface area contributed by atoms with E-state index in [1.807, 2.05) is 6.29 Å². The van der Waals surface area contributed by atoms with Crippen molar-refractivity contribution in [3.8, 4) is 0 Å². The van der Waals surface area contributed by atoms with Crippen molar-refractivity contribution in [1.29, 1.82) is 0 Å². The first-order chi connectivity index (χ1) is 4.91. The van der Waals surface area contributed by atoms with Gasteiger partial charge in [-0.05, 0) is 0 Å². The van der Waals surface area contributed by atoms with Gasteiger partial charge in [-0.2, -0.15) is 6.42 Å². The van der Waals surface area contributed by atoms with E-state index in [0.717, 1.165) is 6.42 Å². The van der Waals surface area contributed by atoms with Gasteiger partial charge >= 0.3 is 29.6 Å². The summed E-state index contributed by atoms with van der Waals surface area (Å²) in [5.74, 6) is 0. The number of unbranched alkanes of at least 4 members (excludes halogenated alkanes) is 6. The Morgan fingerprint density at radius 3 is 2.09 bits per heavy atom. The third-order valence-electron chi connectivity index (χ3n) is 1.63. The van der Waals surface area contributed by atoms with Gasteiger partial charge in [0.2, 0.25) is 0 Å². The first kappa shape index (κ1) is 14.2. The van der Waals surface area contributed by atoms with Crippen molar-refractivity contribution in [1.82, 2.24) is 0 Å². The monoisotopic (exact) mass is 164 g/mol. The van der Waals surface area contributed by atoms with E-state index < -0.39 is 0 Å². The first-order valence-electron chi connectivity index (χ1n) is 4.26. The summed E-state index contributed by atoms with van der Waals surface area (Å²) < 4.78 is 0. The maximum Gasteiger partial charge on any atom is 1.00 e. The molecule has 0 heterocycles. The van der Waals surface area contributed by atoms with Crippen LogP contribution in [0.5, 0.6) is 0 Å². The molecule has 0 aromatic heterocycles. The molecule has 0 rings (SSSR count). The van der Waals surface area contributed by atoms with Crippen LogP contribution in [0.1, 0.15) is 51.9 Å². The fraction of sp³-hybridized carbons (Fsp3) is 0.889. The Morgan fingerprint density at radius 1 is 1.00 bits per heavy atom. The Hall–Kier alpha value is 0.670. The molecule has 0 fully saturated rings. The van der Waals surface area contributed by atoms with E-state index in [0.29, 0.717) is 6.42 Å². The standard InChI is InChI=1S/C9H17O.Na/c1-2-3-4-5-6-7-8-9-10;/h2-8H2,1H3;/q-1;+1. The second-order valence-electron chi connectivity index (χ2n) is 2.66. The van der Waals surface area contributed by atoms with Crippen molar-refractivity contribution in [2.24, 2.45) is 0 Å². The van der Waals surface area contributed by atoms with Crippen molar-refractivity contribution >= 4 is 6.29 Å². The molecule has 0 radical (unpaired) electrons. The number of hydrogen-bond donors (Lipinski definition) is 0. The minimum Gasteiger partial charge on any atom is -0.542 e. The summed E-state index contributed by atoms with van der Waals surface area (Å²) >= 11 is 0. The van der Waals surface area contributed by atoms with Crippen LogP contribution in [0.25, 0.3) is 0 Å². The van der Waals surface area contributed by atoms with E-state index in [-0.39, 0.29) is 29.6 Å². The smallest absolute Gasteiger partial charge is 0.542 e. The van der Waals surface area contributed by atoms with Gasteiger partial charge in [-0.3, -0.25) is 6.29 Å². The minimum atomic E-state index is 0. The van der Waals surface area contributed by atoms with Gasteiger partial charge in [0.15, 0.2) is 0 Å². The summed E-state index contributed by atoms with van der Waals surface area (Å²) in [5, 5.41) is 0. The zero-order valence-electron chi connectivity index (χ0n) is 7.86. The van der Waals surface area contributed by atoms with Crippen molar-refractivity contribution < 1.29 is 34.4 Å². The molecule has 11 heavy (non-hydrogen) atoms. The van der Waals surface area contributed by atoms with E-state index in [1.54, 1.807) is 0 Å². The molecule has 0 saturated carbocycles. The molecule has 1 nitrogen and oxygen atoms in total. The molecule has 0 atom stereocenters. The van der Waals surface area contributed by atoms with Crippen LogP contribution in [-0.2, 0) is 4.79 Å². The fourth-order valence-electron chi connectivity index (χ4n) is 0.977. The van der Waals surface area contributed by atoms with Gasteiger partial charge in [0.05, 0.1) is 0 Å². The van der Waals surface area contributed by atoms with Crippen LogP contribution in [0, 0.1) is 0 Å². The minimum absolute atomic E-state index is 0. The maximum atomic E-state index is 9.77. The molecule has 0 aromatic carbocycles. The van der Waals surface area contributed by atoms with Crippen molar-refractivity contribution in [3.05, 3.63) is 0 Å². The largest absolute Gasteiger partial charge is 1.00 e. The average molecular weight is 164 g/mol. The molecule has 0 bridgehead atoms. The van der Waals surface area contributed by atoms with Crippen LogP contribution >= 0.6 is 0 Å². The average Bonchev–Trinajstić information content (AvgIpc) is 1.97. The van der Waals surface area contributed by atoms with E-state index >= 15 is 0 Å². The Morgan fingerprint density at radius 2 is 1.55 bits per heavy atom. The summed E-state index contributed by atoms with van der Waals surface area (Å²) in [6, 6.07) is 0. The predicted octanol–water partition coefficient (Wildman–Crippen LogP) is -0.149. The van der Waals surface area contributed by atoms with Gasteiger partial charge in [0.1, 0.15) is 0 Å². The van der Waals surface area contributed by atoms with Crippen LogP contribution in [0.4, 0.5) is 0 Å². The summed E-state index contributed by atoms with van der Waals surface area (Å²) in [4.78, 5) is 9.77. The van der Waals surface area contributed by atoms with Crippen LogP contribution in [0.15, 0.2) is 0 Å². The van der Waals surface area contributed by atoms with Gasteiger partial charge in [0, 0.05) is 0 Å². The van der Waals surface area contributed by atoms with E-state index in [9.17, 15) is 4.79 Å². The van der Waals surface area contributed by atoms with Crippen LogP contribution in [0.3, 0.4) is 0 Å². The van der Waals surface area contributed by atoms with Crippen molar-refractivity contribution in [2.45, 2.75) is 51.9 Å². The second kappa shape index (κ2) is 13.3. The topological polar surface area (TPSA) is 17.1 Å². The molecule has 0 amide bonds. The molecule has 60 valence electrons. The molecule has 0 aromatic rings. The number of hydrogen-bond acceptors (Lipinski definition) is 1. The van der Waals surface area contributed by atoms with Gasteiger partial charge in [-0.15, -0.1) is 0 Å². The molecule has 0 aliphatic rings. The van der Waals surface area contributed by atoms with E-state index in [2.05, 4.69) is 6.92 Å². The van der Waals surface area contributed by atoms with Crippen LogP contribution in [-0.4, -0.2) is 6.29 Å². The second-order valence-corrected chi connectivity index (χ2v) is 2.66. The quantitative estimate of drug-likeness (QED) is 0.290. The number of rotatable bonds is 7. The Balaban J connectivity index is 0. The third-order valence-corrected chi connectivity index (χ3v) is 1.63. The molecular formula is C9H17NaO. The first-order valence-corrected chi connectivity index (χ1v) is 4.26. The molecular weight excluding hydrogens is 147 g/mol. The van der Waals surface area contributed by atoms with Gasteiger partial charge in [-0.25, -0.2) is 0 Å². The number of carbonyl (C=O) groups excluding carboxylic acids is 1. The van der Waals surface area contributed by atoms with E-state index in [4.69, 9.17) is 0 Å². The zero-order valence-corrected chi connectivity index (χ0v) is 9.86. The molecule has 0 aliphatic heterocycles. The molecule has 0 N–H and O–H groups in total. The molecule has 2 heteroatoms. The Bertz CT molecular complexity index is 74.0. The summed E-state index contributed by atoms with van der Waals surface area (Å²) in [5.41, 5.74) is 0. The van der Waals surface area contributed by atoms with Gasteiger partial charge < -0.3 is 4.79 Å². The molecule has 0 unspecified atom stereocenters. The summed E-state index contributed by atoms with van der Waals surface area (Å²) in [6.45, 7) is 2.21. The molecule has 0 saturated heterocycles. The summed E-state index contributed by atoms with van der Waals surface area (Å²) in [7, 11) is 0. The fourth-order valence-corrected chi connectivity index (χ4v) is 0.977. The Labute approximate surface area is 92.2 Å². The van der Waals surface area contributed by atoms with Crippen LogP contribution < -0.4 is 29.6 Å². The normalized spacial score (nSPS) is 8.82. The van der Waals surface area contributed by atoms with E-state index in [1.165, 1.54) is 32.1 Å². The SMILES string of the molecule is CCCCCCCC[C-]=O.[Na+]. The maximum absolute atomic E-state index is 9.77. The zero-order chi connectivity index (χ0) is 7.66. The van der Waals surface area contributed by atoms with Crippen molar-refractivity contribution in [2.75, 3.05) is 0 Å². The summed E-state index contributed by atoms with van der Waals surface area (Å²) in [6.07, 6.45) is 10.0. The Kier molecular flexibility index (Phi) is 17.1. The van der Waals surface area contributed by atoms with Crippen molar-refractivity contribution in [3.63, 3.8) is 0 Å². The molecule has 0 spiro atoms. The van der Waals surface area contributed by atoms with Crippen LogP contribution in [0.2, 0.25) is 0 Å². The predicted molar refractivity (Wildman–Crippen MR) is 43.7 cm³/mol. The third kappa shape index (κ3) is 13.6. The van der Waals surface area contributed by atoms with Gasteiger partial charge in [0.25, 0.3) is 0 Å². The molecule has 0 aliphatic carbocycles.